The van der Waals surface area contributed by atoms with Crippen molar-refractivity contribution in [1.29, 1.82) is 0 Å². The Morgan fingerprint density at radius 3 is 1.93 bits per heavy atom. The summed E-state index contributed by atoms with van der Waals surface area (Å²) in [6.45, 7) is 6.06. The van der Waals surface area contributed by atoms with Gasteiger partial charge in [-0.25, -0.2) is 4.98 Å². The molecule has 152 valence electrons. The van der Waals surface area contributed by atoms with Gasteiger partial charge in [-0.05, 0) is 31.9 Å². The average Bonchev–Trinajstić information content (AvgIpc) is 2.69. The standard InChI is InChI=1S/C22H26N4O3/c1-13-8-7-9-14(2)20(13)25-19-10-15(3)23-22(26-19)24-16-11-17(27-4)21(29-6)18(12-16)28-5/h7-12H,1-6H3,(H2,23,24,25,26). The highest BCUT2D eigenvalue weighted by atomic mass is 16.5. The van der Waals surface area contributed by atoms with Gasteiger partial charge in [-0.1, -0.05) is 18.2 Å². The maximum absolute atomic E-state index is 5.41. The highest BCUT2D eigenvalue weighted by molar-refractivity contribution is 5.68. The molecule has 3 aromatic rings. The Bertz CT molecular complexity index is 976. The van der Waals surface area contributed by atoms with E-state index in [-0.39, 0.29) is 0 Å². The van der Waals surface area contributed by atoms with E-state index in [0.29, 0.717) is 29.0 Å². The van der Waals surface area contributed by atoms with Gasteiger partial charge >= 0.3 is 0 Å². The first kappa shape index (κ1) is 20.3. The Hall–Kier alpha value is -3.48. The van der Waals surface area contributed by atoms with Crippen molar-refractivity contribution in [3.8, 4) is 17.2 Å². The van der Waals surface area contributed by atoms with Gasteiger partial charge < -0.3 is 24.8 Å². The van der Waals surface area contributed by atoms with Crippen molar-refractivity contribution < 1.29 is 14.2 Å². The van der Waals surface area contributed by atoms with Crippen LogP contribution in [0.15, 0.2) is 36.4 Å². The number of nitrogens with zero attached hydrogens (tertiary/aromatic N) is 2. The first-order valence-corrected chi connectivity index (χ1v) is 9.21. The van der Waals surface area contributed by atoms with Crippen LogP contribution < -0.4 is 24.8 Å². The van der Waals surface area contributed by atoms with Gasteiger partial charge in [-0.3, -0.25) is 0 Å². The zero-order valence-corrected chi connectivity index (χ0v) is 17.6. The van der Waals surface area contributed by atoms with Gasteiger partial charge in [0.25, 0.3) is 0 Å². The van der Waals surface area contributed by atoms with Crippen LogP contribution in [0.25, 0.3) is 0 Å². The second-order valence-corrected chi connectivity index (χ2v) is 6.65. The molecule has 3 rings (SSSR count). The van der Waals surface area contributed by atoms with E-state index in [9.17, 15) is 0 Å². The van der Waals surface area contributed by atoms with Gasteiger partial charge in [0.2, 0.25) is 11.7 Å². The van der Waals surface area contributed by atoms with Crippen LogP contribution in [0.5, 0.6) is 17.2 Å². The lowest BCUT2D eigenvalue weighted by atomic mass is 10.1. The molecule has 1 aromatic heterocycles. The molecule has 2 aromatic carbocycles. The van der Waals surface area contributed by atoms with Gasteiger partial charge in [-0.2, -0.15) is 4.98 Å². The van der Waals surface area contributed by atoms with E-state index in [2.05, 4.69) is 46.6 Å². The van der Waals surface area contributed by atoms with Crippen molar-refractivity contribution in [3.05, 3.63) is 53.2 Å². The average molecular weight is 394 g/mol. The fraction of sp³-hybridized carbons (Fsp3) is 0.273. The smallest absolute Gasteiger partial charge is 0.229 e. The van der Waals surface area contributed by atoms with Crippen LogP contribution in [-0.4, -0.2) is 31.3 Å². The number of benzene rings is 2. The van der Waals surface area contributed by atoms with E-state index in [1.54, 1.807) is 21.3 Å². The molecule has 0 aliphatic carbocycles. The first-order valence-electron chi connectivity index (χ1n) is 9.21. The van der Waals surface area contributed by atoms with Crippen molar-refractivity contribution in [2.24, 2.45) is 0 Å². The molecule has 1 heterocycles. The molecule has 0 radical (unpaired) electrons. The van der Waals surface area contributed by atoms with E-state index in [1.165, 1.54) is 0 Å². The summed E-state index contributed by atoms with van der Waals surface area (Å²) in [5, 5.41) is 6.63. The summed E-state index contributed by atoms with van der Waals surface area (Å²) < 4.78 is 16.2. The maximum atomic E-state index is 5.41. The van der Waals surface area contributed by atoms with Crippen molar-refractivity contribution in [2.45, 2.75) is 20.8 Å². The monoisotopic (exact) mass is 394 g/mol. The summed E-state index contributed by atoms with van der Waals surface area (Å²) in [5.41, 5.74) is 4.91. The Balaban J connectivity index is 1.93. The summed E-state index contributed by atoms with van der Waals surface area (Å²) in [4.78, 5) is 9.11. The van der Waals surface area contributed by atoms with E-state index >= 15 is 0 Å². The predicted octanol–water partition coefficient (Wildman–Crippen LogP) is 4.91. The number of anilines is 4. The molecular formula is C22H26N4O3. The number of rotatable bonds is 7. The van der Waals surface area contributed by atoms with E-state index < -0.39 is 0 Å². The fourth-order valence-electron chi connectivity index (χ4n) is 3.11. The minimum absolute atomic E-state index is 0.466. The van der Waals surface area contributed by atoms with Crippen LogP contribution >= 0.6 is 0 Å². The Labute approximate surface area is 171 Å². The highest BCUT2D eigenvalue weighted by Gasteiger charge is 2.14. The molecule has 7 heteroatoms. The number of hydrogen-bond donors (Lipinski definition) is 2. The number of methoxy groups -OCH3 is 3. The van der Waals surface area contributed by atoms with Gasteiger partial charge in [0.15, 0.2) is 11.5 Å². The third-order valence-corrected chi connectivity index (χ3v) is 4.51. The molecule has 0 fully saturated rings. The SMILES string of the molecule is COc1cc(Nc2nc(C)cc(Nc3c(C)cccc3C)n2)cc(OC)c1OC. The molecule has 0 bridgehead atoms. The number of aromatic nitrogens is 2. The largest absolute Gasteiger partial charge is 0.493 e. The highest BCUT2D eigenvalue weighted by Crippen LogP contribution is 2.40. The van der Waals surface area contributed by atoms with Gasteiger partial charge in [0.05, 0.1) is 21.3 Å². The molecule has 0 unspecified atom stereocenters. The number of nitrogens with one attached hydrogen (secondary N) is 2. The van der Waals surface area contributed by atoms with Crippen molar-refractivity contribution >= 4 is 23.1 Å². The normalized spacial score (nSPS) is 10.4. The third kappa shape index (κ3) is 4.51. The first-order chi connectivity index (χ1) is 13.9. The summed E-state index contributed by atoms with van der Waals surface area (Å²) in [7, 11) is 4.73. The van der Waals surface area contributed by atoms with E-state index in [4.69, 9.17) is 14.2 Å². The zero-order valence-electron chi connectivity index (χ0n) is 17.6. The molecule has 0 aliphatic heterocycles. The lowest BCUT2D eigenvalue weighted by Gasteiger charge is -2.16. The summed E-state index contributed by atoms with van der Waals surface area (Å²) in [6, 6.07) is 11.7. The molecule has 0 atom stereocenters. The second-order valence-electron chi connectivity index (χ2n) is 6.65. The van der Waals surface area contributed by atoms with Crippen molar-refractivity contribution in [2.75, 3.05) is 32.0 Å². The molecule has 0 aliphatic rings. The number of aryl methyl sites for hydroxylation is 3. The fourth-order valence-corrected chi connectivity index (χ4v) is 3.11. The number of ether oxygens (including phenoxy) is 3. The van der Waals surface area contributed by atoms with Crippen LogP contribution in [0, 0.1) is 20.8 Å². The molecule has 0 amide bonds. The van der Waals surface area contributed by atoms with Crippen molar-refractivity contribution in [1.82, 2.24) is 9.97 Å². The second kappa shape index (κ2) is 8.68. The van der Waals surface area contributed by atoms with Crippen LogP contribution in [0.3, 0.4) is 0 Å². The minimum atomic E-state index is 0.466. The van der Waals surface area contributed by atoms with Gasteiger partial charge in [0.1, 0.15) is 5.82 Å². The van der Waals surface area contributed by atoms with Crippen molar-refractivity contribution in [3.63, 3.8) is 0 Å². The Kier molecular flexibility index (Phi) is 6.07. The number of para-hydroxylation sites is 1. The summed E-state index contributed by atoms with van der Waals surface area (Å²) >= 11 is 0. The van der Waals surface area contributed by atoms with Crippen LogP contribution in [-0.2, 0) is 0 Å². The van der Waals surface area contributed by atoms with Crippen LogP contribution in [0.4, 0.5) is 23.1 Å². The number of hydrogen-bond acceptors (Lipinski definition) is 7. The molecule has 29 heavy (non-hydrogen) atoms. The van der Waals surface area contributed by atoms with Gasteiger partial charge in [0, 0.05) is 35.3 Å². The Morgan fingerprint density at radius 1 is 0.759 bits per heavy atom. The van der Waals surface area contributed by atoms with E-state index in [1.807, 2.05) is 31.2 Å². The summed E-state index contributed by atoms with van der Waals surface area (Å²) in [5.74, 6) is 2.81. The molecule has 0 saturated carbocycles. The quantitative estimate of drug-likeness (QED) is 0.589. The van der Waals surface area contributed by atoms with Crippen LogP contribution in [0.2, 0.25) is 0 Å². The zero-order chi connectivity index (χ0) is 21.0. The lowest BCUT2D eigenvalue weighted by molar-refractivity contribution is 0.324. The molecular weight excluding hydrogens is 368 g/mol. The minimum Gasteiger partial charge on any atom is -0.493 e. The topological polar surface area (TPSA) is 77.5 Å². The van der Waals surface area contributed by atoms with Crippen LogP contribution in [0.1, 0.15) is 16.8 Å². The predicted molar refractivity (Wildman–Crippen MR) is 115 cm³/mol. The molecule has 0 saturated heterocycles. The Morgan fingerprint density at radius 2 is 1.38 bits per heavy atom. The molecule has 7 nitrogen and oxygen atoms in total. The molecule has 2 N–H and O–H groups in total. The summed E-state index contributed by atoms with van der Waals surface area (Å²) in [6.07, 6.45) is 0. The third-order valence-electron chi connectivity index (χ3n) is 4.51. The van der Waals surface area contributed by atoms with Gasteiger partial charge in [-0.15, -0.1) is 0 Å². The maximum Gasteiger partial charge on any atom is 0.229 e. The lowest BCUT2D eigenvalue weighted by Crippen LogP contribution is -2.04. The molecule has 0 spiro atoms. The van der Waals surface area contributed by atoms with E-state index in [0.717, 1.165) is 28.2 Å².